The first-order chi connectivity index (χ1) is 5.22. The number of carbonyl (C=O) groups is 1. The van der Waals surface area contributed by atoms with Gasteiger partial charge in [0.2, 0.25) is 0 Å². The molecular formula is C8H15NO2. The summed E-state index contributed by atoms with van der Waals surface area (Å²) in [6.07, 6.45) is 1.14. The normalized spacial score (nSPS) is 25.5. The molecule has 3 nitrogen and oxygen atoms in total. The molecule has 0 aliphatic carbocycles. The molecule has 0 bridgehead atoms. The summed E-state index contributed by atoms with van der Waals surface area (Å²) < 4.78 is 5.06. The topological polar surface area (TPSA) is 29.5 Å². The quantitative estimate of drug-likeness (QED) is 0.551. The largest absolute Gasteiger partial charge is 0.461 e. The van der Waals surface area contributed by atoms with E-state index in [1.807, 2.05) is 0 Å². The fraction of sp³-hybridized carbons (Fsp3) is 0.875. The number of likely N-dealkylation sites (N-methyl/N-ethyl adjacent to an activating group) is 1. The molecule has 1 aliphatic rings. The van der Waals surface area contributed by atoms with E-state index in [-0.39, 0.29) is 12.1 Å². The van der Waals surface area contributed by atoms with Crippen LogP contribution in [0, 0.1) is 0 Å². The first-order valence-electron chi connectivity index (χ1n) is 4.12. The summed E-state index contributed by atoms with van der Waals surface area (Å²) in [4.78, 5) is 12.8. The fourth-order valence-corrected chi connectivity index (χ4v) is 1.42. The summed E-state index contributed by atoms with van der Waals surface area (Å²) in [5, 5.41) is 0. The Hall–Kier alpha value is -0.570. The number of carbonyl (C=O) groups excluding carboxylic acids is 1. The van der Waals surface area contributed by atoms with E-state index in [0.29, 0.717) is 0 Å². The highest BCUT2D eigenvalue weighted by molar-refractivity contribution is 5.66. The zero-order valence-corrected chi connectivity index (χ0v) is 7.17. The minimum Gasteiger partial charge on any atom is -0.461 e. The Bertz CT molecular complexity index is 147. The average molecular weight is 157 g/mol. The lowest BCUT2D eigenvalue weighted by Gasteiger charge is -2.12. The van der Waals surface area contributed by atoms with E-state index in [1.165, 1.54) is 6.92 Å². The Labute approximate surface area is 67.3 Å². The summed E-state index contributed by atoms with van der Waals surface area (Å²) in [5.41, 5.74) is 0. The van der Waals surface area contributed by atoms with E-state index in [4.69, 9.17) is 4.74 Å². The van der Waals surface area contributed by atoms with E-state index in [2.05, 4.69) is 11.8 Å². The van der Waals surface area contributed by atoms with Gasteiger partial charge in [-0.25, -0.2) is 0 Å². The third-order valence-electron chi connectivity index (χ3n) is 2.01. The Morgan fingerprint density at radius 2 is 2.45 bits per heavy atom. The molecule has 64 valence electrons. The number of esters is 1. The number of nitrogens with zero attached hydrogens (tertiary/aromatic N) is 1. The number of ether oxygens (including phenoxy) is 1. The molecular weight excluding hydrogens is 142 g/mol. The van der Waals surface area contributed by atoms with Crippen LogP contribution in [0.15, 0.2) is 0 Å². The highest BCUT2D eigenvalue weighted by Gasteiger charge is 2.22. The monoisotopic (exact) mass is 157 g/mol. The molecule has 0 saturated carbocycles. The third-order valence-corrected chi connectivity index (χ3v) is 2.01. The van der Waals surface area contributed by atoms with Crippen LogP contribution in [0.2, 0.25) is 0 Å². The number of hydrogen-bond acceptors (Lipinski definition) is 3. The second-order valence-electron chi connectivity index (χ2n) is 2.91. The predicted octanol–water partition coefficient (Wildman–Crippen LogP) is 0.644. The van der Waals surface area contributed by atoms with Gasteiger partial charge in [0.05, 0.1) is 0 Å². The SMILES string of the molecule is CCN1CC[C@@H](OC(C)=O)C1. The zero-order valence-electron chi connectivity index (χ0n) is 7.17. The lowest BCUT2D eigenvalue weighted by atomic mass is 10.3. The van der Waals surface area contributed by atoms with Crippen LogP contribution in [-0.4, -0.2) is 36.6 Å². The lowest BCUT2D eigenvalue weighted by Crippen LogP contribution is -2.23. The van der Waals surface area contributed by atoms with Gasteiger partial charge in [0.25, 0.3) is 0 Å². The summed E-state index contributed by atoms with van der Waals surface area (Å²) in [6, 6.07) is 0. The molecule has 1 heterocycles. The van der Waals surface area contributed by atoms with E-state index >= 15 is 0 Å². The van der Waals surface area contributed by atoms with Gasteiger partial charge in [-0.3, -0.25) is 9.69 Å². The molecule has 0 aromatic heterocycles. The van der Waals surface area contributed by atoms with Gasteiger partial charge >= 0.3 is 5.97 Å². The van der Waals surface area contributed by atoms with Gasteiger partial charge in [-0.15, -0.1) is 0 Å². The van der Waals surface area contributed by atoms with Crippen LogP contribution in [0.25, 0.3) is 0 Å². The molecule has 0 radical (unpaired) electrons. The van der Waals surface area contributed by atoms with Gasteiger partial charge in [-0.05, 0) is 13.0 Å². The van der Waals surface area contributed by atoms with Crippen molar-refractivity contribution >= 4 is 5.97 Å². The Kier molecular flexibility index (Phi) is 2.88. The van der Waals surface area contributed by atoms with Gasteiger partial charge in [0, 0.05) is 20.0 Å². The molecule has 0 amide bonds. The van der Waals surface area contributed by atoms with Crippen molar-refractivity contribution in [2.75, 3.05) is 19.6 Å². The first-order valence-corrected chi connectivity index (χ1v) is 4.12. The van der Waals surface area contributed by atoms with Gasteiger partial charge in [0.15, 0.2) is 0 Å². The van der Waals surface area contributed by atoms with Crippen LogP contribution in [-0.2, 0) is 9.53 Å². The Morgan fingerprint density at radius 1 is 1.73 bits per heavy atom. The van der Waals surface area contributed by atoms with Crippen molar-refractivity contribution in [3.05, 3.63) is 0 Å². The van der Waals surface area contributed by atoms with Crippen LogP contribution in [0.4, 0.5) is 0 Å². The van der Waals surface area contributed by atoms with Crippen LogP contribution in [0.1, 0.15) is 20.3 Å². The Morgan fingerprint density at radius 3 is 2.91 bits per heavy atom. The van der Waals surface area contributed by atoms with Crippen molar-refractivity contribution in [1.82, 2.24) is 4.90 Å². The molecule has 1 rings (SSSR count). The van der Waals surface area contributed by atoms with Gasteiger partial charge in [-0.2, -0.15) is 0 Å². The molecule has 0 aromatic carbocycles. The second-order valence-corrected chi connectivity index (χ2v) is 2.91. The summed E-state index contributed by atoms with van der Waals surface area (Å²) in [7, 11) is 0. The van der Waals surface area contributed by atoms with Crippen molar-refractivity contribution in [2.45, 2.75) is 26.4 Å². The second kappa shape index (κ2) is 3.72. The highest BCUT2D eigenvalue weighted by Crippen LogP contribution is 2.11. The van der Waals surface area contributed by atoms with Crippen LogP contribution < -0.4 is 0 Å². The van der Waals surface area contributed by atoms with Crippen LogP contribution in [0.5, 0.6) is 0 Å². The molecule has 0 N–H and O–H groups in total. The van der Waals surface area contributed by atoms with Crippen molar-refractivity contribution < 1.29 is 9.53 Å². The minimum atomic E-state index is -0.159. The van der Waals surface area contributed by atoms with E-state index in [0.717, 1.165) is 26.1 Å². The van der Waals surface area contributed by atoms with Crippen LogP contribution >= 0.6 is 0 Å². The zero-order chi connectivity index (χ0) is 8.27. The van der Waals surface area contributed by atoms with Crippen molar-refractivity contribution in [3.8, 4) is 0 Å². The van der Waals surface area contributed by atoms with E-state index < -0.39 is 0 Å². The van der Waals surface area contributed by atoms with E-state index in [1.54, 1.807) is 0 Å². The third kappa shape index (κ3) is 2.50. The maximum atomic E-state index is 10.6. The molecule has 0 aromatic rings. The molecule has 0 spiro atoms. The standard InChI is InChI=1S/C8H15NO2/c1-3-9-5-4-8(6-9)11-7(2)10/h8H,3-6H2,1-2H3/t8-/m1/s1. The maximum absolute atomic E-state index is 10.6. The number of hydrogen-bond donors (Lipinski definition) is 0. The van der Waals surface area contributed by atoms with E-state index in [9.17, 15) is 4.79 Å². The first kappa shape index (κ1) is 8.53. The smallest absolute Gasteiger partial charge is 0.302 e. The molecule has 1 aliphatic heterocycles. The summed E-state index contributed by atoms with van der Waals surface area (Å²) in [6.45, 7) is 6.62. The van der Waals surface area contributed by atoms with Crippen molar-refractivity contribution in [2.24, 2.45) is 0 Å². The van der Waals surface area contributed by atoms with Gasteiger partial charge in [-0.1, -0.05) is 6.92 Å². The predicted molar refractivity (Wildman–Crippen MR) is 42.3 cm³/mol. The minimum absolute atomic E-state index is 0.146. The van der Waals surface area contributed by atoms with Crippen molar-refractivity contribution in [3.63, 3.8) is 0 Å². The molecule has 0 unspecified atom stereocenters. The lowest BCUT2D eigenvalue weighted by molar-refractivity contribution is -0.145. The number of rotatable bonds is 2. The summed E-state index contributed by atoms with van der Waals surface area (Å²) in [5.74, 6) is -0.159. The molecule has 3 heteroatoms. The molecule has 11 heavy (non-hydrogen) atoms. The highest BCUT2D eigenvalue weighted by atomic mass is 16.5. The average Bonchev–Trinajstić information content (AvgIpc) is 2.34. The molecule has 1 saturated heterocycles. The van der Waals surface area contributed by atoms with Gasteiger partial charge < -0.3 is 4.74 Å². The fourth-order valence-electron chi connectivity index (χ4n) is 1.42. The van der Waals surface area contributed by atoms with Gasteiger partial charge in [0.1, 0.15) is 6.10 Å². The Balaban J connectivity index is 2.24. The van der Waals surface area contributed by atoms with Crippen LogP contribution in [0.3, 0.4) is 0 Å². The molecule has 1 atom stereocenters. The molecule has 1 fully saturated rings. The maximum Gasteiger partial charge on any atom is 0.302 e. The van der Waals surface area contributed by atoms with Crippen molar-refractivity contribution in [1.29, 1.82) is 0 Å². The number of likely N-dealkylation sites (tertiary alicyclic amines) is 1. The summed E-state index contributed by atoms with van der Waals surface area (Å²) >= 11 is 0.